The molecule has 3 heteroatoms. The highest BCUT2D eigenvalue weighted by Gasteiger charge is 2.76. The van der Waals surface area contributed by atoms with Crippen molar-refractivity contribution in [3.05, 3.63) is 11.1 Å². The summed E-state index contributed by atoms with van der Waals surface area (Å²) in [5.41, 5.74) is 2.99. The van der Waals surface area contributed by atoms with Gasteiger partial charge in [-0.15, -0.1) is 0 Å². The highest BCUT2D eigenvalue weighted by molar-refractivity contribution is 5.45. The maximum absolute atomic E-state index is 11.5. The van der Waals surface area contributed by atoms with Crippen molar-refractivity contribution in [2.45, 2.75) is 123 Å². The smallest absolute Gasteiger partial charge is 0.118 e. The van der Waals surface area contributed by atoms with Gasteiger partial charge < -0.3 is 14.9 Å². The van der Waals surface area contributed by atoms with E-state index in [9.17, 15) is 10.2 Å². The van der Waals surface area contributed by atoms with Gasteiger partial charge in [0, 0.05) is 11.8 Å². The minimum Gasteiger partial charge on any atom is -0.393 e. The topological polar surface area (TPSA) is 53.0 Å². The molecule has 12 atom stereocenters. The number of ether oxygens (including phenoxy) is 1. The molecule has 0 aromatic heterocycles. The number of aliphatic hydroxyl groups excluding tert-OH is 2. The summed E-state index contributed by atoms with van der Waals surface area (Å²) < 4.78 is 6.35. The Balaban J connectivity index is 1.24. The number of hydrogen-bond acceptors (Lipinski definition) is 3. The van der Waals surface area contributed by atoms with Crippen LogP contribution < -0.4 is 0 Å². The molecular weight excluding hydrogens is 396 g/mol. The predicted octanol–water partition coefficient (Wildman–Crippen LogP) is 5.88. The Kier molecular flexibility index (Phi) is 4.89. The van der Waals surface area contributed by atoms with E-state index in [-0.39, 0.29) is 23.2 Å². The third-order valence-electron chi connectivity index (χ3n) is 12.2. The van der Waals surface area contributed by atoms with Crippen molar-refractivity contribution in [1.82, 2.24) is 0 Å². The number of aliphatic hydroxyl groups is 2. The molecule has 0 amide bonds. The zero-order valence-electron chi connectivity index (χ0n) is 21.1. The van der Waals surface area contributed by atoms with Crippen LogP contribution >= 0.6 is 0 Å². The van der Waals surface area contributed by atoms with Crippen molar-refractivity contribution in [3.8, 4) is 0 Å². The van der Waals surface area contributed by atoms with Crippen molar-refractivity contribution in [2.24, 2.45) is 46.3 Å². The highest BCUT2D eigenvalue weighted by Crippen LogP contribution is 2.72. The third kappa shape index (κ3) is 2.83. The second-order valence-corrected chi connectivity index (χ2v) is 13.7. The molecule has 6 rings (SSSR count). The number of rotatable bonds is 5. The molecule has 4 fully saturated rings. The Morgan fingerprint density at radius 3 is 2.47 bits per heavy atom. The quantitative estimate of drug-likeness (QED) is 0.413. The van der Waals surface area contributed by atoms with Gasteiger partial charge in [-0.25, -0.2) is 0 Å². The molecule has 180 valence electrons. The first-order valence-corrected chi connectivity index (χ1v) is 13.9. The molecule has 0 aromatic carbocycles. The van der Waals surface area contributed by atoms with Gasteiger partial charge in [0.15, 0.2) is 0 Å². The second-order valence-electron chi connectivity index (χ2n) is 13.7. The molecule has 0 unspecified atom stereocenters. The monoisotopic (exact) mass is 442 g/mol. The summed E-state index contributed by atoms with van der Waals surface area (Å²) in [7, 11) is 0. The molecule has 3 saturated carbocycles. The van der Waals surface area contributed by atoms with Crippen LogP contribution in [-0.4, -0.2) is 34.1 Å². The highest BCUT2D eigenvalue weighted by atomic mass is 16.6. The standard InChI is InChI=1S/C29H46O3/c1-16(20-14-18(20)3)6-7-17(2)21-8-9-22-24-23(11-12-27(21,22)4)28(5)13-10-19(30)15-29(28)26(32-29)25(24)31/h16-22,25-26,30-31H,6-15H2,1-5H3/t16-,17-,18-,19+,20+,21-,22+,25-,26+,27-,28-,29+/m1/s1. The third-order valence-corrected chi connectivity index (χ3v) is 12.2. The fourth-order valence-corrected chi connectivity index (χ4v) is 9.92. The zero-order valence-corrected chi connectivity index (χ0v) is 21.1. The molecule has 1 spiro atoms. The Morgan fingerprint density at radius 2 is 1.75 bits per heavy atom. The van der Waals surface area contributed by atoms with Crippen molar-refractivity contribution in [3.63, 3.8) is 0 Å². The van der Waals surface area contributed by atoms with E-state index in [0.717, 1.165) is 48.9 Å². The van der Waals surface area contributed by atoms with Crippen LogP contribution in [0.3, 0.4) is 0 Å². The van der Waals surface area contributed by atoms with Crippen LogP contribution in [0.2, 0.25) is 0 Å². The fourth-order valence-electron chi connectivity index (χ4n) is 9.92. The minimum absolute atomic E-state index is 0.0207. The Bertz CT molecular complexity index is 819. The lowest BCUT2D eigenvalue weighted by Gasteiger charge is -2.54. The average molecular weight is 443 g/mol. The summed E-state index contributed by atoms with van der Waals surface area (Å²) in [6.07, 6.45) is 11.0. The largest absolute Gasteiger partial charge is 0.393 e. The Labute approximate surface area is 195 Å². The molecule has 2 N–H and O–H groups in total. The minimum atomic E-state index is -0.446. The SMILES string of the molecule is C[C@H](CC[C@@H](C)[C@H]1CC[C@H]2C3=C(CC[C@]12C)[C@@]1(C)CC[C@H](O)C[C@@]12O[C@H]2[C@@H]3O)[C@@H]1C[C@H]1C. The van der Waals surface area contributed by atoms with Gasteiger partial charge in [-0.1, -0.05) is 53.0 Å². The van der Waals surface area contributed by atoms with Gasteiger partial charge in [0.05, 0.1) is 6.10 Å². The van der Waals surface area contributed by atoms with Crippen LogP contribution in [0.25, 0.3) is 0 Å². The van der Waals surface area contributed by atoms with Crippen LogP contribution in [0.5, 0.6) is 0 Å². The van der Waals surface area contributed by atoms with E-state index in [2.05, 4.69) is 34.6 Å². The molecule has 0 radical (unpaired) electrons. The molecule has 1 heterocycles. The molecule has 1 aliphatic heterocycles. The molecule has 1 saturated heterocycles. The predicted molar refractivity (Wildman–Crippen MR) is 127 cm³/mol. The first kappa shape index (κ1) is 22.1. The number of epoxide rings is 1. The number of hydrogen-bond donors (Lipinski definition) is 2. The Hall–Kier alpha value is -0.380. The molecular formula is C29H46O3. The van der Waals surface area contributed by atoms with E-state index < -0.39 is 6.10 Å². The Morgan fingerprint density at radius 1 is 1.03 bits per heavy atom. The summed E-state index contributed by atoms with van der Waals surface area (Å²) in [6.45, 7) is 12.4. The fraction of sp³-hybridized carbons (Fsp3) is 0.931. The summed E-state index contributed by atoms with van der Waals surface area (Å²) in [5.74, 6) is 4.93. The van der Waals surface area contributed by atoms with Crippen molar-refractivity contribution in [2.75, 3.05) is 0 Å². The van der Waals surface area contributed by atoms with Gasteiger partial charge >= 0.3 is 0 Å². The van der Waals surface area contributed by atoms with Crippen LogP contribution in [0.1, 0.15) is 98.8 Å². The molecule has 0 bridgehead atoms. The number of fused-ring (bicyclic) bond motifs is 3. The first-order valence-electron chi connectivity index (χ1n) is 13.9. The van der Waals surface area contributed by atoms with E-state index in [1.54, 1.807) is 0 Å². The zero-order chi connectivity index (χ0) is 22.6. The van der Waals surface area contributed by atoms with Crippen molar-refractivity contribution >= 4 is 0 Å². The van der Waals surface area contributed by atoms with Gasteiger partial charge in [-0.2, -0.15) is 0 Å². The van der Waals surface area contributed by atoms with Gasteiger partial charge in [0.2, 0.25) is 0 Å². The van der Waals surface area contributed by atoms with E-state index in [1.807, 2.05) is 0 Å². The lowest BCUT2D eigenvalue weighted by molar-refractivity contribution is -0.00164. The molecule has 0 aromatic rings. The van der Waals surface area contributed by atoms with E-state index in [4.69, 9.17) is 4.74 Å². The van der Waals surface area contributed by atoms with Gasteiger partial charge in [0.1, 0.15) is 17.8 Å². The molecule has 6 aliphatic rings. The van der Waals surface area contributed by atoms with Crippen LogP contribution in [0.15, 0.2) is 11.1 Å². The maximum Gasteiger partial charge on any atom is 0.118 e. The lowest BCUT2D eigenvalue weighted by atomic mass is 9.49. The van der Waals surface area contributed by atoms with Crippen LogP contribution in [-0.2, 0) is 4.74 Å². The van der Waals surface area contributed by atoms with Crippen LogP contribution in [0.4, 0.5) is 0 Å². The summed E-state index contributed by atoms with van der Waals surface area (Å²) in [4.78, 5) is 0. The van der Waals surface area contributed by atoms with Crippen LogP contribution in [0, 0.1) is 46.3 Å². The van der Waals surface area contributed by atoms with E-state index >= 15 is 0 Å². The summed E-state index contributed by atoms with van der Waals surface area (Å²) in [6, 6.07) is 0. The van der Waals surface area contributed by atoms with Crippen molar-refractivity contribution < 1.29 is 14.9 Å². The second kappa shape index (κ2) is 7.08. The van der Waals surface area contributed by atoms with Gasteiger partial charge in [0.25, 0.3) is 0 Å². The summed E-state index contributed by atoms with van der Waals surface area (Å²) in [5, 5.41) is 21.9. The van der Waals surface area contributed by atoms with Gasteiger partial charge in [-0.05, 0) is 91.4 Å². The van der Waals surface area contributed by atoms with E-state index in [1.165, 1.54) is 49.7 Å². The summed E-state index contributed by atoms with van der Waals surface area (Å²) >= 11 is 0. The molecule has 32 heavy (non-hydrogen) atoms. The lowest BCUT2D eigenvalue weighted by Crippen LogP contribution is -2.55. The maximum atomic E-state index is 11.5. The molecule has 5 aliphatic carbocycles. The van der Waals surface area contributed by atoms with Gasteiger partial charge in [-0.3, -0.25) is 0 Å². The normalized spacial score (nSPS) is 55.4. The first-order chi connectivity index (χ1) is 15.1. The molecule has 3 nitrogen and oxygen atoms in total. The van der Waals surface area contributed by atoms with E-state index in [0.29, 0.717) is 17.8 Å². The average Bonchev–Trinajstić information content (AvgIpc) is 3.63. The van der Waals surface area contributed by atoms with Crippen molar-refractivity contribution in [1.29, 1.82) is 0 Å².